The van der Waals surface area contributed by atoms with E-state index < -0.39 is 28.1 Å². The minimum absolute atomic E-state index is 0.0792. The van der Waals surface area contributed by atoms with Gasteiger partial charge >= 0.3 is 6.18 Å². The molecule has 2 atom stereocenters. The summed E-state index contributed by atoms with van der Waals surface area (Å²) < 4.78 is 44.0. The number of pyridine rings is 1. The van der Waals surface area contributed by atoms with E-state index in [2.05, 4.69) is 24.5 Å². The van der Waals surface area contributed by atoms with Crippen LogP contribution < -0.4 is 5.73 Å². The zero-order valence-electron chi connectivity index (χ0n) is 18.8. The molecule has 1 aromatic rings. The van der Waals surface area contributed by atoms with Crippen molar-refractivity contribution in [1.82, 2.24) is 4.98 Å². The lowest BCUT2D eigenvalue weighted by atomic mass is 9.87. The predicted octanol–water partition coefficient (Wildman–Crippen LogP) is 5.87. The maximum atomic E-state index is 12.9. The molecule has 1 fully saturated rings. The molecule has 1 aliphatic rings. The minimum atomic E-state index is -4.49. The van der Waals surface area contributed by atoms with Gasteiger partial charge in [-0.15, -0.1) is 0 Å². The molecule has 0 radical (unpaired) electrons. The second-order valence-corrected chi connectivity index (χ2v) is 10.3. The molecule has 0 aromatic carbocycles. The Labute approximate surface area is 197 Å². The average molecular weight is 489 g/mol. The topological polar surface area (TPSA) is 95.8 Å². The van der Waals surface area contributed by atoms with E-state index in [1.807, 2.05) is 13.0 Å². The zero-order valence-corrected chi connectivity index (χ0v) is 20.5. The lowest BCUT2D eigenvalue weighted by molar-refractivity contribution is -0.141. The summed E-state index contributed by atoms with van der Waals surface area (Å²) in [4.78, 5) is 3.73. The summed E-state index contributed by atoms with van der Waals surface area (Å²) in [6.45, 7) is 7.68. The molecule has 0 amide bonds. The Kier molecular flexibility index (Phi) is 10.6. The lowest BCUT2D eigenvalue weighted by Crippen LogP contribution is -2.39. The Morgan fingerprint density at radius 1 is 1.47 bits per heavy atom. The van der Waals surface area contributed by atoms with Crippen LogP contribution in [0.4, 0.5) is 13.2 Å². The number of thioether (sulfide) groups is 1. The van der Waals surface area contributed by atoms with Crippen molar-refractivity contribution in [1.29, 1.82) is 10.7 Å². The van der Waals surface area contributed by atoms with Crippen LogP contribution in [-0.2, 0) is 10.9 Å². The number of nitrogens with two attached hydrogens (primary N) is 1. The molecule has 2 rings (SSSR count). The standard InChI is InChI=1S/C19H23F3N4OS.C3H8S/c1-17(2,11-23)14(25)9-12(24)13-10-18(3,7-8-27-13)28-16-6-4-5-15(26-16)19(20,21)22;1-2-3-4/h4-6,9,13,25H,7-8,10,24H2,1-3H3;4H,2-3H2,1H3/b12-9-,25-14?;. The van der Waals surface area contributed by atoms with Crippen LogP contribution in [0.3, 0.4) is 0 Å². The van der Waals surface area contributed by atoms with Crippen molar-refractivity contribution >= 4 is 30.1 Å². The fraction of sp³-hybridized carbons (Fsp3) is 0.591. The number of allylic oxidation sites excluding steroid dienone is 1. The molecule has 0 aliphatic carbocycles. The van der Waals surface area contributed by atoms with Gasteiger partial charge in [-0.1, -0.05) is 24.8 Å². The fourth-order valence-electron chi connectivity index (χ4n) is 2.66. The van der Waals surface area contributed by atoms with E-state index in [1.165, 1.54) is 30.3 Å². The largest absolute Gasteiger partial charge is 0.433 e. The number of halogens is 3. The Balaban J connectivity index is 0.00000118. The van der Waals surface area contributed by atoms with Crippen LogP contribution in [0.1, 0.15) is 52.7 Å². The van der Waals surface area contributed by atoms with E-state index >= 15 is 0 Å². The van der Waals surface area contributed by atoms with Crippen LogP contribution in [0.5, 0.6) is 0 Å². The van der Waals surface area contributed by atoms with Gasteiger partial charge in [-0.25, -0.2) is 4.98 Å². The third-order valence-electron chi connectivity index (χ3n) is 4.79. The number of ether oxygens (including phenoxy) is 1. The molecule has 32 heavy (non-hydrogen) atoms. The van der Waals surface area contributed by atoms with Crippen LogP contribution in [0.15, 0.2) is 35.0 Å². The predicted molar refractivity (Wildman–Crippen MR) is 126 cm³/mol. The summed E-state index contributed by atoms with van der Waals surface area (Å²) in [5.41, 5.74) is 4.63. The van der Waals surface area contributed by atoms with Crippen LogP contribution in [0.25, 0.3) is 0 Å². The molecule has 2 heterocycles. The molecule has 10 heteroatoms. The van der Waals surface area contributed by atoms with Crippen molar-refractivity contribution < 1.29 is 17.9 Å². The molecule has 3 N–H and O–H groups in total. The third-order valence-corrected chi connectivity index (χ3v) is 6.54. The van der Waals surface area contributed by atoms with E-state index in [0.29, 0.717) is 30.2 Å². The van der Waals surface area contributed by atoms with Gasteiger partial charge in [0.1, 0.15) is 5.69 Å². The van der Waals surface area contributed by atoms with Crippen molar-refractivity contribution in [2.45, 2.75) is 69.0 Å². The highest BCUT2D eigenvalue weighted by Crippen LogP contribution is 2.42. The number of nitriles is 1. The highest BCUT2D eigenvalue weighted by Gasteiger charge is 2.37. The monoisotopic (exact) mass is 488 g/mol. The summed E-state index contributed by atoms with van der Waals surface area (Å²) in [6.07, 6.45) is -1.27. The smallest absolute Gasteiger partial charge is 0.400 e. The maximum Gasteiger partial charge on any atom is 0.433 e. The molecule has 0 spiro atoms. The number of nitrogens with zero attached hydrogens (tertiary/aromatic N) is 2. The molecule has 5 nitrogen and oxygen atoms in total. The Morgan fingerprint density at radius 2 is 2.09 bits per heavy atom. The van der Waals surface area contributed by atoms with Crippen LogP contribution in [0.2, 0.25) is 0 Å². The summed E-state index contributed by atoms with van der Waals surface area (Å²) in [6, 6.07) is 5.89. The fourth-order valence-corrected chi connectivity index (χ4v) is 3.87. The molecule has 0 bridgehead atoms. The summed E-state index contributed by atoms with van der Waals surface area (Å²) >= 11 is 5.19. The van der Waals surface area contributed by atoms with E-state index in [4.69, 9.17) is 21.1 Å². The van der Waals surface area contributed by atoms with Gasteiger partial charge in [-0.05, 0) is 64.0 Å². The van der Waals surface area contributed by atoms with Gasteiger partial charge in [0.2, 0.25) is 0 Å². The minimum Gasteiger partial charge on any atom is -0.400 e. The molecule has 178 valence electrons. The van der Waals surface area contributed by atoms with E-state index in [-0.39, 0.29) is 5.71 Å². The molecular weight excluding hydrogens is 457 g/mol. The van der Waals surface area contributed by atoms with Crippen molar-refractivity contribution in [3.8, 4) is 6.07 Å². The Bertz CT molecular complexity index is 850. The second kappa shape index (κ2) is 12.0. The first-order valence-electron chi connectivity index (χ1n) is 10.2. The number of aromatic nitrogens is 1. The highest BCUT2D eigenvalue weighted by atomic mass is 32.2. The van der Waals surface area contributed by atoms with Gasteiger partial charge in [-0.2, -0.15) is 31.1 Å². The first-order chi connectivity index (χ1) is 14.8. The van der Waals surface area contributed by atoms with E-state index in [0.717, 1.165) is 11.8 Å². The van der Waals surface area contributed by atoms with E-state index in [1.54, 1.807) is 19.9 Å². The first kappa shape index (κ1) is 28.3. The van der Waals surface area contributed by atoms with Gasteiger partial charge in [-0.3, -0.25) is 0 Å². The highest BCUT2D eigenvalue weighted by molar-refractivity contribution is 8.00. The quantitative estimate of drug-likeness (QED) is 0.344. The molecule has 0 saturated carbocycles. The zero-order chi connectivity index (χ0) is 24.6. The SMILES string of the molecule is CC1(Sc2cccc(C(F)(F)F)n2)CCOC(/C(N)=C/C(=N)C(C)(C)C#N)C1.CCCS. The molecule has 1 aromatic heterocycles. The van der Waals surface area contributed by atoms with Crippen molar-refractivity contribution in [2.75, 3.05) is 12.4 Å². The van der Waals surface area contributed by atoms with Crippen LogP contribution in [0, 0.1) is 22.2 Å². The first-order valence-corrected chi connectivity index (χ1v) is 11.7. The van der Waals surface area contributed by atoms with Gasteiger partial charge in [0, 0.05) is 17.1 Å². The maximum absolute atomic E-state index is 12.9. The lowest BCUT2D eigenvalue weighted by Gasteiger charge is -2.37. The molecule has 1 saturated heterocycles. The number of rotatable bonds is 6. The average Bonchev–Trinajstić information content (AvgIpc) is 2.73. The van der Waals surface area contributed by atoms with Crippen molar-refractivity contribution in [3.05, 3.63) is 35.7 Å². The van der Waals surface area contributed by atoms with E-state index in [9.17, 15) is 13.2 Å². The van der Waals surface area contributed by atoms with Gasteiger partial charge in [0.15, 0.2) is 0 Å². The summed E-state index contributed by atoms with van der Waals surface area (Å²) in [7, 11) is 0. The normalized spacial score (nSPS) is 21.8. The van der Waals surface area contributed by atoms with Crippen LogP contribution in [-0.4, -0.2) is 33.9 Å². The van der Waals surface area contributed by atoms with Gasteiger partial charge in [0.25, 0.3) is 0 Å². The van der Waals surface area contributed by atoms with Crippen molar-refractivity contribution in [2.24, 2.45) is 11.1 Å². The van der Waals surface area contributed by atoms with Gasteiger partial charge < -0.3 is 15.9 Å². The van der Waals surface area contributed by atoms with Crippen LogP contribution >= 0.6 is 24.4 Å². The summed E-state index contributed by atoms with van der Waals surface area (Å²) in [5, 5.41) is 17.5. The summed E-state index contributed by atoms with van der Waals surface area (Å²) in [5.74, 6) is 1.01. The molecule has 2 unspecified atom stereocenters. The number of alkyl halides is 3. The Morgan fingerprint density at radius 3 is 2.62 bits per heavy atom. The molecular formula is C22H31F3N4OS2. The Hall–Kier alpha value is -1.70. The second-order valence-electron chi connectivity index (χ2n) is 8.24. The van der Waals surface area contributed by atoms with Crippen molar-refractivity contribution in [3.63, 3.8) is 0 Å². The number of thiol groups is 1. The molecule has 1 aliphatic heterocycles. The number of nitrogens with one attached hydrogen (secondary N) is 1. The number of hydrogen-bond acceptors (Lipinski definition) is 7. The van der Waals surface area contributed by atoms with Gasteiger partial charge in [0.05, 0.1) is 28.3 Å². The number of hydrogen-bond donors (Lipinski definition) is 3. The third kappa shape index (κ3) is 8.68.